The van der Waals surface area contributed by atoms with Crippen molar-refractivity contribution in [1.29, 1.82) is 0 Å². The van der Waals surface area contributed by atoms with E-state index in [0.717, 1.165) is 16.9 Å². The summed E-state index contributed by atoms with van der Waals surface area (Å²) in [5, 5.41) is 2.55. The Kier molecular flexibility index (Phi) is 5.74. The quantitative estimate of drug-likeness (QED) is 0.522. The zero-order valence-corrected chi connectivity index (χ0v) is 13.2. The van der Waals surface area contributed by atoms with Crippen molar-refractivity contribution in [2.24, 2.45) is 0 Å². The molecule has 0 saturated carbocycles. The van der Waals surface area contributed by atoms with Crippen molar-refractivity contribution in [3.05, 3.63) is 59.7 Å². The number of rotatable bonds is 5. The van der Waals surface area contributed by atoms with Gasteiger partial charge in [-0.15, -0.1) is 0 Å². The summed E-state index contributed by atoms with van der Waals surface area (Å²) < 4.78 is 10.1. The maximum atomic E-state index is 11.7. The van der Waals surface area contributed by atoms with Crippen LogP contribution in [0, 0.1) is 6.92 Å². The molecular formula is C18H19NO4. The summed E-state index contributed by atoms with van der Waals surface area (Å²) in [4.78, 5) is 23.4. The normalized spacial score (nSPS) is 10.0. The third-order valence-electron chi connectivity index (χ3n) is 3.28. The number of hydrogen-bond donors (Lipinski definition) is 1. The molecular weight excluding hydrogens is 294 g/mol. The standard InChI is InChI=1S/C18H19NO4/c1-13-3-7-16(8-4-13)23-18(21)17(20)19-12-11-14-5-9-15(22-2)10-6-14/h3-10H,11-12H2,1-2H3,(H,19,20). The number of carbonyl (C=O) groups excluding carboxylic acids is 2. The minimum Gasteiger partial charge on any atom is -0.497 e. The smallest absolute Gasteiger partial charge is 0.402 e. The van der Waals surface area contributed by atoms with E-state index in [1.165, 1.54) is 0 Å². The average Bonchev–Trinajstić information content (AvgIpc) is 2.57. The van der Waals surface area contributed by atoms with E-state index in [-0.39, 0.29) is 0 Å². The molecule has 0 fully saturated rings. The van der Waals surface area contributed by atoms with Crippen LogP contribution in [0.15, 0.2) is 48.5 Å². The predicted molar refractivity (Wildman–Crippen MR) is 86.5 cm³/mol. The Balaban J connectivity index is 1.77. The molecule has 120 valence electrons. The lowest BCUT2D eigenvalue weighted by atomic mass is 10.1. The summed E-state index contributed by atoms with van der Waals surface area (Å²) in [5.74, 6) is -0.534. The molecule has 0 aliphatic heterocycles. The van der Waals surface area contributed by atoms with Gasteiger partial charge in [0.1, 0.15) is 11.5 Å². The minimum atomic E-state index is -0.913. The highest BCUT2D eigenvalue weighted by molar-refractivity contribution is 6.33. The Labute approximate surface area is 135 Å². The first-order valence-corrected chi connectivity index (χ1v) is 7.28. The van der Waals surface area contributed by atoms with E-state index in [4.69, 9.17) is 9.47 Å². The van der Waals surface area contributed by atoms with Crippen LogP contribution in [0.1, 0.15) is 11.1 Å². The van der Waals surface area contributed by atoms with E-state index in [1.807, 2.05) is 43.3 Å². The number of amides is 1. The van der Waals surface area contributed by atoms with Crippen molar-refractivity contribution in [2.75, 3.05) is 13.7 Å². The van der Waals surface area contributed by atoms with E-state index in [2.05, 4.69) is 5.32 Å². The van der Waals surface area contributed by atoms with Crippen LogP contribution in [-0.4, -0.2) is 25.5 Å². The Morgan fingerprint density at radius 2 is 1.57 bits per heavy atom. The van der Waals surface area contributed by atoms with E-state index >= 15 is 0 Å². The lowest BCUT2D eigenvalue weighted by Gasteiger charge is -2.07. The number of ether oxygens (including phenoxy) is 2. The number of hydrogen-bond acceptors (Lipinski definition) is 4. The Bertz CT molecular complexity index is 662. The van der Waals surface area contributed by atoms with Gasteiger partial charge in [-0.05, 0) is 43.2 Å². The molecule has 2 aromatic rings. The van der Waals surface area contributed by atoms with Crippen molar-refractivity contribution < 1.29 is 19.1 Å². The molecule has 0 saturated heterocycles. The first-order valence-electron chi connectivity index (χ1n) is 7.28. The van der Waals surface area contributed by atoms with Gasteiger partial charge < -0.3 is 14.8 Å². The molecule has 0 radical (unpaired) electrons. The van der Waals surface area contributed by atoms with Gasteiger partial charge in [0.25, 0.3) is 0 Å². The van der Waals surface area contributed by atoms with Crippen molar-refractivity contribution in [1.82, 2.24) is 5.32 Å². The van der Waals surface area contributed by atoms with Crippen molar-refractivity contribution in [2.45, 2.75) is 13.3 Å². The number of esters is 1. The highest BCUT2D eigenvalue weighted by Gasteiger charge is 2.15. The number of aryl methyl sites for hydroxylation is 1. The van der Waals surface area contributed by atoms with Crippen LogP contribution < -0.4 is 14.8 Å². The van der Waals surface area contributed by atoms with Crippen LogP contribution in [0.25, 0.3) is 0 Å². The molecule has 2 rings (SSSR count). The molecule has 2 aromatic carbocycles. The zero-order valence-electron chi connectivity index (χ0n) is 13.2. The van der Waals surface area contributed by atoms with Crippen molar-refractivity contribution >= 4 is 11.9 Å². The number of benzene rings is 2. The van der Waals surface area contributed by atoms with E-state index in [1.54, 1.807) is 19.2 Å². The third-order valence-corrected chi connectivity index (χ3v) is 3.28. The Hall–Kier alpha value is -2.82. The molecule has 0 bridgehead atoms. The lowest BCUT2D eigenvalue weighted by molar-refractivity contribution is -0.148. The fraction of sp³-hybridized carbons (Fsp3) is 0.222. The second kappa shape index (κ2) is 7.98. The van der Waals surface area contributed by atoms with Gasteiger partial charge in [-0.2, -0.15) is 0 Å². The van der Waals surface area contributed by atoms with Crippen molar-refractivity contribution in [3.63, 3.8) is 0 Å². The highest BCUT2D eigenvalue weighted by Crippen LogP contribution is 2.12. The molecule has 1 N–H and O–H groups in total. The topological polar surface area (TPSA) is 64.6 Å². The molecule has 0 aliphatic rings. The van der Waals surface area contributed by atoms with Gasteiger partial charge in [-0.25, -0.2) is 4.79 Å². The second-order valence-electron chi connectivity index (χ2n) is 5.06. The van der Waals surface area contributed by atoms with Crippen LogP contribution >= 0.6 is 0 Å². The molecule has 0 atom stereocenters. The van der Waals surface area contributed by atoms with E-state index < -0.39 is 11.9 Å². The maximum Gasteiger partial charge on any atom is 0.402 e. The number of nitrogens with one attached hydrogen (secondary N) is 1. The van der Waals surface area contributed by atoms with Gasteiger partial charge in [0.05, 0.1) is 7.11 Å². The first-order chi connectivity index (χ1) is 11.1. The Morgan fingerprint density at radius 1 is 0.957 bits per heavy atom. The largest absolute Gasteiger partial charge is 0.497 e. The molecule has 1 amide bonds. The predicted octanol–water partition coefficient (Wildman–Crippen LogP) is 2.27. The number of carbonyl (C=O) groups is 2. The molecule has 0 unspecified atom stereocenters. The molecule has 0 aromatic heterocycles. The highest BCUT2D eigenvalue weighted by atomic mass is 16.5. The second-order valence-corrected chi connectivity index (χ2v) is 5.06. The summed E-state index contributed by atoms with van der Waals surface area (Å²) in [6.07, 6.45) is 0.619. The van der Waals surface area contributed by atoms with E-state index in [9.17, 15) is 9.59 Å². The summed E-state index contributed by atoms with van der Waals surface area (Å²) in [5.41, 5.74) is 2.09. The molecule has 0 heterocycles. The fourth-order valence-electron chi connectivity index (χ4n) is 1.94. The van der Waals surface area contributed by atoms with Gasteiger partial charge in [-0.1, -0.05) is 29.8 Å². The van der Waals surface area contributed by atoms with Crippen LogP contribution in [0.3, 0.4) is 0 Å². The number of methoxy groups -OCH3 is 1. The summed E-state index contributed by atoms with van der Waals surface area (Å²) >= 11 is 0. The summed E-state index contributed by atoms with van der Waals surface area (Å²) in [7, 11) is 1.61. The summed E-state index contributed by atoms with van der Waals surface area (Å²) in [6.45, 7) is 2.28. The molecule has 0 aliphatic carbocycles. The molecule has 5 heteroatoms. The minimum absolute atomic E-state index is 0.353. The molecule has 5 nitrogen and oxygen atoms in total. The van der Waals surface area contributed by atoms with Gasteiger partial charge >= 0.3 is 11.9 Å². The maximum absolute atomic E-state index is 11.7. The van der Waals surface area contributed by atoms with Gasteiger partial charge in [-0.3, -0.25) is 4.79 Å². The lowest BCUT2D eigenvalue weighted by Crippen LogP contribution is -2.35. The van der Waals surface area contributed by atoms with Gasteiger partial charge in [0.15, 0.2) is 0 Å². The monoisotopic (exact) mass is 313 g/mol. The van der Waals surface area contributed by atoms with Gasteiger partial charge in [0.2, 0.25) is 0 Å². The Morgan fingerprint density at radius 3 is 2.17 bits per heavy atom. The van der Waals surface area contributed by atoms with E-state index in [0.29, 0.717) is 18.7 Å². The van der Waals surface area contributed by atoms with Crippen LogP contribution in [0.4, 0.5) is 0 Å². The van der Waals surface area contributed by atoms with Gasteiger partial charge in [0, 0.05) is 6.54 Å². The third kappa shape index (κ3) is 5.14. The SMILES string of the molecule is COc1ccc(CCNC(=O)C(=O)Oc2ccc(C)cc2)cc1. The van der Waals surface area contributed by atoms with Crippen molar-refractivity contribution in [3.8, 4) is 11.5 Å². The first kappa shape index (κ1) is 16.5. The molecule has 0 spiro atoms. The average molecular weight is 313 g/mol. The fourth-order valence-corrected chi connectivity index (χ4v) is 1.94. The summed E-state index contributed by atoms with van der Waals surface area (Å²) in [6, 6.07) is 14.4. The van der Waals surface area contributed by atoms with Crippen LogP contribution in [0.2, 0.25) is 0 Å². The van der Waals surface area contributed by atoms with Crippen LogP contribution in [-0.2, 0) is 16.0 Å². The molecule has 23 heavy (non-hydrogen) atoms. The zero-order chi connectivity index (χ0) is 16.7. The van der Waals surface area contributed by atoms with Crippen LogP contribution in [0.5, 0.6) is 11.5 Å².